The van der Waals surface area contributed by atoms with Crippen molar-refractivity contribution < 1.29 is 14.6 Å². The largest absolute Gasteiger partial charge is 0.459 e. The fourth-order valence-electron chi connectivity index (χ4n) is 2.21. The molecule has 0 spiro atoms. The molecular formula is C16H24O3. The van der Waals surface area contributed by atoms with Crippen LogP contribution in [-0.2, 0) is 4.74 Å². The van der Waals surface area contributed by atoms with Crippen LogP contribution in [-0.4, -0.2) is 23.3 Å². The first-order valence-electron chi connectivity index (χ1n) is 7.00. The Bertz CT molecular complexity index is 373. The Morgan fingerprint density at radius 2 is 1.89 bits per heavy atom. The number of aliphatic hydroxyl groups is 1. The van der Waals surface area contributed by atoms with Crippen LogP contribution in [0.1, 0.15) is 50.4 Å². The van der Waals surface area contributed by atoms with Crippen molar-refractivity contribution in [3.63, 3.8) is 0 Å². The topological polar surface area (TPSA) is 46.5 Å². The third kappa shape index (κ3) is 5.03. The molecule has 0 radical (unpaired) electrons. The molecule has 19 heavy (non-hydrogen) atoms. The van der Waals surface area contributed by atoms with E-state index in [1.165, 1.54) is 0 Å². The van der Waals surface area contributed by atoms with Crippen LogP contribution < -0.4 is 0 Å². The fourth-order valence-corrected chi connectivity index (χ4v) is 2.21. The van der Waals surface area contributed by atoms with Gasteiger partial charge in [-0.25, -0.2) is 4.79 Å². The molecule has 1 aromatic carbocycles. The number of benzene rings is 1. The molecule has 0 aliphatic rings. The number of carbonyl (C=O) groups is 1. The lowest BCUT2D eigenvalue weighted by Gasteiger charge is -2.26. The molecule has 0 saturated carbocycles. The Morgan fingerprint density at radius 3 is 2.42 bits per heavy atom. The SMILES string of the molecule is CCCCC(C(C)O)C(C)OC(=O)c1ccccc1. The zero-order valence-corrected chi connectivity index (χ0v) is 12.0. The lowest BCUT2D eigenvalue weighted by molar-refractivity contribution is -0.0101. The second kappa shape index (κ2) is 7.95. The zero-order valence-electron chi connectivity index (χ0n) is 12.0. The lowest BCUT2D eigenvalue weighted by Crippen LogP contribution is -2.31. The zero-order chi connectivity index (χ0) is 14.3. The maximum absolute atomic E-state index is 12.0. The Morgan fingerprint density at radius 1 is 1.26 bits per heavy atom. The summed E-state index contributed by atoms with van der Waals surface area (Å²) in [4.78, 5) is 12.0. The van der Waals surface area contributed by atoms with Gasteiger partial charge in [0.25, 0.3) is 0 Å². The molecule has 0 aromatic heterocycles. The van der Waals surface area contributed by atoms with Crippen molar-refractivity contribution in [2.75, 3.05) is 0 Å². The summed E-state index contributed by atoms with van der Waals surface area (Å²) in [5.74, 6) is -0.331. The van der Waals surface area contributed by atoms with Crippen molar-refractivity contribution in [3.8, 4) is 0 Å². The van der Waals surface area contributed by atoms with E-state index in [0.717, 1.165) is 19.3 Å². The molecular weight excluding hydrogens is 240 g/mol. The molecule has 1 aromatic rings. The van der Waals surface area contributed by atoms with E-state index in [1.54, 1.807) is 19.1 Å². The first-order chi connectivity index (χ1) is 9.06. The monoisotopic (exact) mass is 264 g/mol. The van der Waals surface area contributed by atoms with E-state index in [4.69, 9.17) is 4.74 Å². The van der Waals surface area contributed by atoms with Crippen molar-refractivity contribution in [1.29, 1.82) is 0 Å². The van der Waals surface area contributed by atoms with Crippen LogP contribution in [0, 0.1) is 5.92 Å². The molecule has 3 heteroatoms. The first kappa shape index (κ1) is 15.7. The molecule has 106 valence electrons. The van der Waals surface area contributed by atoms with E-state index >= 15 is 0 Å². The van der Waals surface area contributed by atoms with Crippen molar-refractivity contribution in [3.05, 3.63) is 35.9 Å². The van der Waals surface area contributed by atoms with Gasteiger partial charge in [-0.2, -0.15) is 0 Å². The summed E-state index contributed by atoms with van der Waals surface area (Å²) in [7, 11) is 0. The van der Waals surface area contributed by atoms with E-state index in [-0.39, 0.29) is 18.0 Å². The number of hydrogen-bond acceptors (Lipinski definition) is 3. The van der Waals surface area contributed by atoms with Gasteiger partial charge >= 0.3 is 5.97 Å². The van der Waals surface area contributed by atoms with E-state index in [0.29, 0.717) is 5.56 Å². The summed E-state index contributed by atoms with van der Waals surface area (Å²) in [6.45, 7) is 5.72. The van der Waals surface area contributed by atoms with Crippen molar-refractivity contribution >= 4 is 5.97 Å². The maximum atomic E-state index is 12.0. The van der Waals surface area contributed by atoms with Gasteiger partial charge in [-0.05, 0) is 32.4 Å². The van der Waals surface area contributed by atoms with Crippen LogP contribution in [0.25, 0.3) is 0 Å². The maximum Gasteiger partial charge on any atom is 0.338 e. The van der Waals surface area contributed by atoms with Crippen LogP contribution in [0.2, 0.25) is 0 Å². The minimum Gasteiger partial charge on any atom is -0.459 e. The highest BCUT2D eigenvalue weighted by Gasteiger charge is 2.25. The second-order valence-corrected chi connectivity index (χ2v) is 5.02. The standard InChI is InChI=1S/C16H24O3/c1-4-5-11-15(12(2)17)13(3)19-16(18)14-9-7-6-8-10-14/h6-10,12-13,15,17H,4-5,11H2,1-3H3. The molecule has 1 N–H and O–H groups in total. The quantitative estimate of drug-likeness (QED) is 0.768. The highest BCUT2D eigenvalue weighted by atomic mass is 16.5. The minimum absolute atomic E-state index is 0.00684. The highest BCUT2D eigenvalue weighted by Crippen LogP contribution is 2.21. The smallest absolute Gasteiger partial charge is 0.338 e. The molecule has 0 bridgehead atoms. The van der Waals surface area contributed by atoms with Gasteiger partial charge in [0.2, 0.25) is 0 Å². The second-order valence-electron chi connectivity index (χ2n) is 5.02. The molecule has 0 aliphatic heterocycles. The van der Waals surface area contributed by atoms with E-state index in [9.17, 15) is 9.90 Å². The van der Waals surface area contributed by atoms with Crippen molar-refractivity contribution in [2.45, 2.75) is 52.2 Å². The number of carbonyl (C=O) groups excluding carboxylic acids is 1. The van der Waals surface area contributed by atoms with Crippen LogP contribution in [0.4, 0.5) is 0 Å². The summed E-state index contributed by atoms with van der Waals surface area (Å²) < 4.78 is 5.46. The molecule has 0 fully saturated rings. The van der Waals surface area contributed by atoms with Crippen LogP contribution in [0.5, 0.6) is 0 Å². The lowest BCUT2D eigenvalue weighted by atomic mass is 9.92. The molecule has 3 atom stereocenters. The van der Waals surface area contributed by atoms with Gasteiger partial charge in [-0.3, -0.25) is 0 Å². The molecule has 0 aliphatic carbocycles. The summed E-state index contributed by atoms with van der Waals surface area (Å²) in [6.07, 6.45) is 2.23. The molecule has 0 heterocycles. The summed E-state index contributed by atoms with van der Waals surface area (Å²) in [5.41, 5.74) is 0.550. The van der Waals surface area contributed by atoms with E-state index in [1.807, 2.05) is 25.1 Å². The normalized spacial score (nSPS) is 15.6. The molecule has 0 amide bonds. The van der Waals surface area contributed by atoms with Gasteiger partial charge in [-0.1, -0.05) is 38.0 Å². The van der Waals surface area contributed by atoms with Crippen molar-refractivity contribution in [1.82, 2.24) is 0 Å². The third-order valence-electron chi connectivity index (χ3n) is 3.42. The highest BCUT2D eigenvalue weighted by molar-refractivity contribution is 5.89. The number of rotatable bonds is 7. The first-order valence-corrected chi connectivity index (χ1v) is 7.00. The van der Waals surface area contributed by atoms with Gasteiger partial charge in [-0.15, -0.1) is 0 Å². The molecule has 3 unspecified atom stereocenters. The Balaban J connectivity index is 2.61. The number of ether oxygens (including phenoxy) is 1. The van der Waals surface area contributed by atoms with Gasteiger partial charge in [0.1, 0.15) is 6.10 Å². The number of hydrogen-bond donors (Lipinski definition) is 1. The van der Waals surface area contributed by atoms with Gasteiger partial charge in [0.05, 0.1) is 11.7 Å². The number of unbranched alkanes of at least 4 members (excludes halogenated alkanes) is 1. The Hall–Kier alpha value is -1.35. The summed E-state index contributed by atoms with van der Waals surface area (Å²) in [6, 6.07) is 8.95. The summed E-state index contributed by atoms with van der Waals surface area (Å²) >= 11 is 0. The fraction of sp³-hybridized carbons (Fsp3) is 0.562. The average molecular weight is 264 g/mol. The van der Waals surface area contributed by atoms with Crippen LogP contribution >= 0.6 is 0 Å². The number of aliphatic hydroxyl groups excluding tert-OH is 1. The Labute approximate surface area is 115 Å². The molecule has 0 saturated heterocycles. The Kier molecular flexibility index (Phi) is 6.57. The number of esters is 1. The van der Waals surface area contributed by atoms with Crippen LogP contribution in [0.3, 0.4) is 0 Å². The summed E-state index contributed by atoms with van der Waals surface area (Å²) in [5, 5.41) is 9.80. The van der Waals surface area contributed by atoms with Gasteiger partial charge in [0.15, 0.2) is 0 Å². The molecule has 1 rings (SSSR count). The van der Waals surface area contributed by atoms with Gasteiger partial charge in [0, 0.05) is 5.92 Å². The van der Waals surface area contributed by atoms with Crippen molar-refractivity contribution in [2.24, 2.45) is 5.92 Å². The predicted molar refractivity (Wildman–Crippen MR) is 76.0 cm³/mol. The minimum atomic E-state index is -0.467. The molecule has 3 nitrogen and oxygen atoms in total. The predicted octanol–water partition coefficient (Wildman–Crippen LogP) is 3.42. The average Bonchev–Trinajstić information content (AvgIpc) is 2.39. The van der Waals surface area contributed by atoms with Gasteiger partial charge < -0.3 is 9.84 Å². The van der Waals surface area contributed by atoms with E-state index < -0.39 is 6.10 Å². The van der Waals surface area contributed by atoms with Crippen LogP contribution in [0.15, 0.2) is 30.3 Å². The third-order valence-corrected chi connectivity index (χ3v) is 3.42. The van der Waals surface area contributed by atoms with E-state index in [2.05, 4.69) is 6.92 Å².